The van der Waals surface area contributed by atoms with E-state index in [1.165, 1.54) is 6.42 Å². The third kappa shape index (κ3) is 1.69. The fraction of sp³-hybridized carbons (Fsp3) is 0.600. The van der Waals surface area contributed by atoms with Gasteiger partial charge in [-0.05, 0) is 18.4 Å². The minimum atomic E-state index is 0.423. The lowest BCUT2D eigenvalue weighted by Crippen LogP contribution is -2.34. The molecule has 76 valence electrons. The van der Waals surface area contributed by atoms with Gasteiger partial charge in [0, 0.05) is 24.7 Å². The van der Waals surface area contributed by atoms with Gasteiger partial charge in [0.2, 0.25) is 0 Å². The SMILES string of the molecule is CC1CCN(c2ccncn2)C1CCl. The quantitative estimate of drug-likeness (QED) is 0.700. The van der Waals surface area contributed by atoms with Gasteiger partial charge < -0.3 is 4.90 Å². The van der Waals surface area contributed by atoms with E-state index in [-0.39, 0.29) is 0 Å². The Labute approximate surface area is 89.1 Å². The summed E-state index contributed by atoms with van der Waals surface area (Å²) in [5, 5.41) is 0. The Balaban J connectivity index is 2.19. The molecular formula is C10H14ClN3. The minimum Gasteiger partial charge on any atom is -0.352 e. The van der Waals surface area contributed by atoms with Crippen LogP contribution in [0.25, 0.3) is 0 Å². The van der Waals surface area contributed by atoms with Gasteiger partial charge in [-0.15, -0.1) is 11.6 Å². The lowest BCUT2D eigenvalue weighted by Gasteiger charge is -2.25. The predicted octanol–water partition coefficient (Wildman–Crippen LogP) is 1.93. The highest BCUT2D eigenvalue weighted by Crippen LogP contribution is 2.28. The second-order valence-electron chi connectivity index (χ2n) is 3.75. The van der Waals surface area contributed by atoms with E-state index in [2.05, 4.69) is 21.8 Å². The summed E-state index contributed by atoms with van der Waals surface area (Å²) >= 11 is 5.96. The molecule has 0 aromatic carbocycles. The van der Waals surface area contributed by atoms with Crippen LogP contribution in [0.2, 0.25) is 0 Å². The molecule has 1 saturated heterocycles. The van der Waals surface area contributed by atoms with Crippen LogP contribution in [0.15, 0.2) is 18.6 Å². The number of rotatable bonds is 2. The highest BCUT2D eigenvalue weighted by atomic mass is 35.5. The van der Waals surface area contributed by atoms with Crippen molar-refractivity contribution < 1.29 is 0 Å². The van der Waals surface area contributed by atoms with E-state index in [1.54, 1.807) is 12.5 Å². The molecule has 0 bridgehead atoms. The average Bonchev–Trinajstić information content (AvgIpc) is 2.61. The van der Waals surface area contributed by atoms with Gasteiger partial charge in [0.15, 0.2) is 0 Å². The zero-order valence-corrected chi connectivity index (χ0v) is 8.98. The van der Waals surface area contributed by atoms with Gasteiger partial charge in [0.25, 0.3) is 0 Å². The van der Waals surface area contributed by atoms with E-state index in [1.807, 2.05) is 6.07 Å². The van der Waals surface area contributed by atoms with Crippen LogP contribution in [-0.2, 0) is 0 Å². The Morgan fingerprint density at radius 1 is 1.64 bits per heavy atom. The molecule has 2 rings (SSSR count). The van der Waals surface area contributed by atoms with Crippen molar-refractivity contribution in [2.24, 2.45) is 5.92 Å². The van der Waals surface area contributed by atoms with E-state index < -0.39 is 0 Å². The molecular weight excluding hydrogens is 198 g/mol. The van der Waals surface area contributed by atoms with Crippen molar-refractivity contribution in [2.75, 3.05) is 17.3 Å². The van der Waals surface area contributed by atoms with Crippen LogP contribution in [0.4, 0.5) is 5.82 Å². The molecule has 2 atom stereocenters. The monoisotopic (exact) mass is 211 g/mol. The molecule has 4 heteroatoms. The molecule has 0 aliphatic carbocycles. The summed E-state index contributed by atoms with van der Waals surface area (Å²) in [6.45, 7) is 3.30. The highest BCUT2D eigenvalue weighted by molar-refractivity contribution is 6.18. The largest absolute Gasteiger partial charge is 0.352 e. The fourth-order valence-corrected chi connectivity index (χ4v) is 2.45. The summed E-state index contributed by atoms with van der Waals surface area (Å²) < 4.78 is 0. The van der Waals surface area contributed by atoms with Crippen molar-refractivity contribution in [3.63, 3.8) is 0 Å². The highest BCUT2D eigenvalue weighted by Gasteiger charge is 2.30. The third-order valence-electron chi connectivity index (χ3n) is 2.90. The topological polar surface area (TPSA) is 29.0 Å². The molecule has 3 nitrogen and oxygen atoms in total. The molecule has 2 heterocycles. The first-order valence-electron chi connectivity index (χ1n) is 4.91. The lowest BCUT2D eigenvalue weighted by molar-refractivity contribution is 0.548. The van der Waals surface area contributed by atoms with Crippen LogP contribution in [-0.4, -0.2) is 28.4 Å². The third-order valence-corrected chi connectivity index (χ3v) is 3.22. The predicted molar refractivity (Wildman–Crippen MR) is 57.7 cm³/mol. The second-order valence-corrected chi connectivity index (χ2v) is 4.06. The van der Waals surface area contributed by atoms with Crippen molar-refractivity contribution >= 4 is 17.4 Å². The lowest BCUT2D eigenvalue weighted by atomic mass is 10.1. The molecule has 1 fully saturated rings. The van der Waals surface area contributed by atoms with Crippen LogP contribution in [0, 0.1) is 5.92 Å². The molecule has 1 aromatic heterocycles. The molecule has 2 unspecified atom stereocenters. The Morgan fingerprint density at radius 3 is 3.14 bits per heavy atom. The van der Waals surface area contributed by atoms with Crippen molar-refractivity contribution in [1.29, 1.82) is 0 Å². The smallest absolute Gasteiger partial charge is 0.132 e. The van der Waals surface area contributed by atoms with Gasteiger partial charge in [-0.2, -0.15) is 0 Å². The van der Waals surface area contributed by atoms with Gasteiger partial charge in [0.05, 0.1) is 0 Å². The van der Waals surface area contributed by atoms with Crippen LogP contribution in [0.3, 0.4) is 0 Å². The van der Waals surface area contributed by atoms with E-state index in [9.17, 15) is 0 Å². The van der Waals surface area contributed by atoms with Crippen LogP contribution < -0.4 is 4.90 Å². The first-order valence-corrected chi connectivity index (χ1v) is 5.45. The summed E-state index contributed by atoms with van der Waals surface area (Å²) in [5.41, 5.74) is 0. The molecule has 1 aliphatic rings. The normalized spacial score (nSPS) is 26.9. The average molecular weight is 212 g/mol. The van der Waals surface area contributed by atoms with E-state index in [0.717, 1.165) is 12.4 Å². The number of alkyl halides is 1. The summed E-state index contributed by atoms with van der Waals surface area (Å²) in [7, 11) is 0. The molecule has 1 aromatic rings. The number of aromatic nitrogens is 2. The second kappa shape index (κ2) is 4.13. The van der Waals surface area contributed by atoms with Gasteiger partial charge >= 0.3 is 0 Å². The van der Waals surface area contributed by atoms with Crippen LogP contribution >= 0.6 is 11.6 Å². The van der Waals surface area contributed by atoms with Crippen LogP contribution in [0.1, 0.15) is 13.3 Å². The fourth-order valence-electron chi connectivity index (χ4n) is 1.98. The number of hydrogen-bond acceptors (Lipinski definition) is 3. The van der Waals surface area contributed by atoms with E-state index in [4.69, 9.17) is 11.6 Å². The maximum Gasteiger partial charge on any atom is 0.132 e. The number of nitrogens with zero attached hydrogens (tertiary/aromatic N) is 3. The molecule has 0 spiro atoms. The minimum absolute atomic E-state index is 0.423. The van der Waals surface area contributed by atoms with Gasteiger partial charge in [-0.25, -0.2) is 9.97 Å². The Kier molecular flexibility index (Phi) is 2.87. The molecule has 0 radical (unpaired) electrons. The summed E-state index contributed by atoms with van der Waals surface area (Å²) in [6, 6.07) is 2.36. The van der Waals surface area contributed by atoms with Crippen molar-refractivity contribution in [3.8, 4) is 0 Å². The summed E-state index contributed by atoms with van der Waals surface area (Å²) in [4.78, 5) is 10.4. The van der Waals surface area contributed by atoms with Gasteiger partial charge in [0.1, 0.15) is 12.1 Å². The molecule has 0 N–H and O–H groups in total. The zero-order valence-electron chi connectivity index (χ0n) is 8.23. The van der Waals surface area contributed by atoms with Crippen LogP contribution in [0.5, 0.6) is 0 Å². The van der Waals surface area contributed by atoms with Gasteiger partial charge in [-0.1, -0.05) is 6.92 Å². The number of anilines is 1. The molecule has 0 amide bonds. The summed E-state index contributed by atoms with van der Waals surface area (Å²) in [6.07, 6.45) is 4.56. The Morgan fingerprint density at radius 2 is 2.50 bits per heavy atom. The van der Waals surface area contributed by atoms with E-state index >= 15 is 0 Å². The molecule has 14 heavy (non-hydrogen) atoms. The van der Waals surface area contributed by atoms with E-state index in [0.29, 0.717) is 17.8 Å². The Bertz CT molecular complexity index is 291. The van der Waals surface area contributed by atoms with Gasteiger partial charge in [-0.3, -0.25) is 0 Å². The maximum atomic E-state index is 5.96. The first kappa shape index (κ1) is 9.71. The zero-order chi connectivity index (χ0) is 9.97. The van der Waals surface area contributed by atoms with Crippen molar-refractivity contribution in [2.45, 2.75) is 19.4 Å². The molecule has 0 saturated carbocycles. The van der Waals surface area contributed by atoms with Crippen molar-refractivity contribution in [3.05, 3.63) is 18.6 Å². The number of halogens is 1. The molecule has 1 aliphatic heterocycles. The Hall–Kier alpha value is -0.830. The van der Waals surface area contributed by atoms with Crippen molar-refractivity contribution in [1.82, 2.24) is 9.97 Å². The summed E-state index contributed by atoms with van der Waals surface area (Å²) in [5.74, 6) is 2.32. The standard InChI is InChI=1S/C10H14ClN3/c1-8-3-5-14(9(8)6-11)10-2-4-12-7-13-10/h2,4,7-9H,3,5-6H2,1H3. The first-order chi connectivity index (χ1) is 6.83. The maximum absolute atomic E-state index is 5.96. The number of hydrogen-bond donors (Lipinski definition) is 0.